The highest BCUT2D eigenvalue weighted by atomic mass is 16.3. The number of furan rings is 1. The number of urea groups is 1. The molecule has 1 fully saturated rings. The van der Waals surface area contributed by atoms with Gasteiger partial charge in [-0.3, -0.25) is 19.8 Å². The highest BCUT2D eigenvalue weighted by molar-refractivity contribution is 6.12. The highest BCUT2D eigenvalue weighted by Gasteiger charge is 2.28. The van der Waals surface area contributed by atoms with Crippen LogP contribution in [0.25, 0.3) is 0 Å². The van der Waals surface area contributed by atoms with Gasteiger partial charge in [-0.05, 0) is 30.3 Å². The van der Waals surface area contributed by atoms with E-state index < -0.39 is 6.03 Å². The summed E-state index contributed by atoms with van der Waals surface area (Å²) < 4.78 is 4.98. The molecule has 4 amide bonds. The van der Waals surface area contributed by atoms with Gasteiger partial charge >= 0.3 is 6.03 Å². The van der Waals surface area contributed by atoms with Gasteiger partial charge in [0.25, 0.3) is 5.91 Å². The van der Waals surface area contributed by atoms with Gasteiger partial charge in [0.2, 0.25) is 5.91 Å². The Morgan fingerprint density at radius 3 is 2.57 bits per heavy atom. The van der Waals surface area contributed by atoms with Crippen molar-refractivity contribution in [3.8, 4) is 0 Å². The summed E-state index contributed by atoms with van der Waals surface area (Å²) >= 11 is 0. The molecule has 1 aromatic heterocycles. The van der Waals surface area contributed by atoms with Gasteiger partial charge in [0.15, 0.2) is 0 Å². The number of benzene rings is 1. The zero-order chi connectivity index (χ0) is 16.4. The summed E-state index contributed by atoms with van der Waals surface area (Å²) in [7, 11) is 1.70. The average molecular weight is 313 g/mol. The molecule has 3 rings (SSSR count). The molecule has 1 aliphatic rings. The van der Waals surface area contributed by atoms with Crippen LogP contribution in [0.3, 0.4) is 0 Å². The first-order valence-electron chi connectivity index (χ1n) is 7.02. The number of nitrogens with one attached hydrogen (secondary N) is 1. The number of rotatable bonds is 4. The molecule has 7 nitrogen and oxygen atoms in total. The van der Waals surface area contributed by atoms with E-state index in [2.05, 4.69) is 5.32 Å². The van der Waals surface area contributed by atoms with Crippen LogP contribution >= 0.6 is 0 Å². The Labute approximate surface area is 132 Å². The Bertz CT molecular complexity index is 737. The Balaban J connectivity index is 1.70. The average Bonchev–Trinajstić information content (AvgIpc) is 3.16. The first-order chi connectivity index (χ1) is 11.0. The second kappa shape index (κ2) is 5.96. The van der Waals surface area contributed by atoms with Crippen molar-refractivity contribution in [3.05, 3.63) is 54.0 Å². The molecule has 2 aromatic rings. The van der Waals surface area contributed by atoms with Crippen LogP contribution in [0.4, 0.5) is 10.5 Å². The van der Waals surface area contributed by atoms with Gasteiger partial charge in [0.1, 0.15) is 6.54 Å². The molecule has 0 atom stereocenters. The van der Waals surface area contributed by atoms with E-state index in [4.69, 9.17) is 4.42 Å². The fourth-order valence-corrected chi connectivity index (χ4v) is 2.38. The lowest BCUT2D eigenvalue weighted by atomic mass is 10.1. The molecule has 0 saturated carbocycles. The van der Waals surface area contributed by atoms with Crippen molar-refractivity contribution in [2.24, 2.45) is 0 Å². The van der Waals surface area contributed by atoms with Gasteiger partial charge < -0.3 is 9.32 Å². The predicted molar refractivity (Wildman–Crippen MR) is 81.8 cm³/mol. The van der Waals surface area contributed by atoms with Crippen molar-refractivity contribution < 1.29 is 18.8 Å². The van der Waals surface area contributed by atoms with E-state index >= 15 is 0 Å². The summed E-state index contributed by atoms with van der Waals surface area (Å²) in [5.41, 5.74) is 1.98. The summed E-state index contributed by atoms with van der Waals surface area (Å²) in [5.74, 6) is -0.477. The minimum atomic E-state index is -0.453. The maximum Gasteiger partial charge on any atom is 0.329 e. The van der Waals surface area contributed by atoms with Crippen molar-refractivity contribution in [2.75, 3.05) is 18.5 Å². The number of nitrogens with zero attached hydrogens (tertiary/aromatic N) is 2. The van der Waals surface area contributed by atoms with E-state index in [1.165, 1.54) is 4.90 Å². The maximum absolute atomic E-state index is 12.4. The van der Waals surface area contributed by atoms with E-state index in [0.29, 0.717) is 17.8 Å². The molecular weight excluding hydrogens is 298 g/mol. The number of carbonyl (C=O) groups is 3. The van der Waals surface area contributed by atoms with Crippen LogP contribution < -0.4 is 10.2 Å². The molecule has 1 N–H and O–H groups in total. The molecule has 0 spiro atoms. The van der Waals surface area contributed by atoms with Gasteiger partial charge in [0.05, 0.1) is 12.5 Å². The number of carbonyl (C=O) groups excluding carboxylic acids is 3. The SMILES string of the molecule is CN(Cc1ccoc1)C(=O)c1ccc(N2CC(=O)NC2=O)cc1. The number of anilines is 1. The Morgan fingerprint density at radius 2 is 2.00 bits per heavy atom. The molecule has 1 aromatic carbocycles. The fourth-order valence-electron chi connectivity index (χ4n) is 2.38. The summed E-state index contributed by atoms with van der Waals surface area (Å²) in [6.07, 6.45) is 3.15. The van der Waals surface area contributed by atoms with Crippen molar-refractivity contribution >= 4 is 23.5 Å². The molecule has 0 aliphatic carbocycles. The third kappa shape index (κ3) is 3.08. The standard InChI is InChI=1S/C16H15N3O4/c1-18(8-11-6-7-23-10-11)15(21)12-2-4-13(5-3-12)19-9-14(20)17-16(19)22/h2-7,10H,8-9H2,1H3,(H,17,20,22). The second-order valence-electron chi connectivity index (χ2n) is 5.28. The normalized spacial score (nSPS) is 14.0. The molecule has 1 aliphatic heterocycles. The second-order valence-corrected chi connectivity index (χ2v) is 5.28. The lowest BCUT2D eigenvalue weighted by Gasteiger charge is -2.17. The van der Waals surface area contributed by atoms with Gasteiger partial charge in [-0.25, -0.2) is 4.79 Å². The number of hydrogen-bond acceptors (Lipinski definition) is 4. The first kappa shape index (κ1) is 14.8. The molecule has 1 saturated heterocycles. The molecule has 0 radical (unpaired) electrons. The Hall–Kier alpha value is -3.09. The molecule has 118 valence electrons. The monoisotopic (exact) mass is 313 g/mol. The molecule has 23 heavy (non-hydrogen) atoms. The largest absolute Gasteiger partial charge is 0.472 e. The summed E-state index contributed by atoms with van der Waals surface area (Å²) in [6, 6.07) is 7.93. The van der Waals surface area contributed by atoms with Crippen LogP contribution in [-0.2, 0) is 11.3 Å². The lowest BCUT2D eigenvalue weighted by molar-refractivity contribution is -0.117. The smallest absolute Gasteiger partial charge is 0.329 e. The summed E-state index contributed by atoms with van der Waals surface area (Å²) in [4.78, 5) is 38.1. The number of amides is 4. The minimum absolute atomic E-state index is 0.00742. The number of hydrogen-bond donors (Lipinski definition) is 1. The third-order valence-electron chi connectivity index (χ3n) is 3.57. The molecular formula is C16H15N3O4. The number of imide groups is 1. The first-order valence-corrected chi connectivity index (χ1v) is 7.02. The van der Waals surface area contributed by atoms with Crippen LogP contribution in [0, 0.1) is 0 Å². The van der Waals surface area contributed by atoms with E-state index in [9.17, 15) is 14.4 Å². The van der Waals surface area contributed by atoms with Gasteiger partial charge in [-0.1, -0.05) is 0 Å². The van der Waals surface area contributed by atoms with E-state index in [0.717, 1.165) is 5.56 Å². The van der Waals surface area contributed by atoms with Crippen molar-refractivity contribution in [1.29, 1.82) is 0 Å². The van der Waals surface area contributed by atoms with E-state index in [1.54, 1.807) is 54.8 Å². The topological polar surface area (TPSA) is 82.9 Å². The van der Waals surface area contributed by atoms with Gasteiger partial charge in [0, 0.05) is 30.4 Å². The van der Waals surface area contributed by atoms with Gasteiger partial charge in [-0.2, -0.15) is 0 Å². The van der Waals surface area contributed by atoms with Gasteiger partial charge in [-0.15, -0.1) is 0 Å². The van der Waals surface area contributed by atoms with Crippen LogP contribution in [0.1, 0.15) is 15.9 Å². The van der Waals surface area contributed by atoms with E-state index in [-0.39, 0.29) is 18.4 Å². The van der Waals surface area contributed by atoms with Crippen LogP contribution in [0.15, 0.2) is 47.3 Å². The lowest BCUT2D eigenvalue weighted by Crippen LogP contribution is -2.28. The third-order valence-corrected chi connectivity index (χ3v) is 3.57. The molecule has 7 heteroatoms. The van der Waals surface area contributed by atoms with Crippen molar-refractivity contribution in [3.63, 3.8) is 0 Å². The minimum Gasteiger partial charge on any atom is -0.472 e. The van der Waals surface area contributed by atoms with Crippen molar-refractivity contribution in [1.82, 2.24) is 10.2 Å². The fraction of sp³-hybridized carbons (Fsp3) is 0.188. The quantitative estimate of drug-likeness (QED) is 0.869. The zero-order valence-corrected chi connectivity index (χ0v) is 12.5. The zero-order valence-electron chi connectivity index (χ0n) is 12.5. The Morgan fingerprint density at radius 1 is 1.26 bits per heavy atom. The van der Waals surface area contributed by atoms with E-state index in [1.807, 2.05) is 0 Å². The summed E-state index contributed by atoms with van der Waals surface area (Å²) in [5, 5.41) is 2.21. The van der Waals surface area contributed by atoms with Crippen molar-refractivity contribution in [2.45, 2.75) is 6.54 Å². The van der Waals surface area contributed by atoms with Crippen LogP contribution in [-0.4, -0.2) is 36.3 Å². The Kier molecular flexibility index (Phi) is 3.84. The molecule has 2 heterocycles. The molecule has 0 unspecified atom stereocenters. The maximum atomic E-state index is 12.4. The molecule has 0 bridgehead atoms. The van der Waals surface area contributed by atoms with Crippen LogP contribution in [0.5, 0.6) is 0 Å². The van der Waals surface area contributed by atoms with Crippen LogP contribution in [0.2, 0.25) is 0 Å². The predicted octanol–water partition coefficient (Wildman–Crippen LogP) is 1.61. The highest BCUT2D eigenvalue weighted by Crippen LogP contribution is 2.18. The summed E-state index contributed by atoms with van der Waals surface area (Å²) in [6.45, 7) is 0.437.